The van der Waals surface area contributed by atoms with Crippen LogP contribution in [0.3, 0.4) is 0 Å². The summed E-state index contributed by atoms with van der Waals surface area (Å²) in [5.74, 6) is 0.550. The van der Waals surface area contributed by atoms with E-state index in [0.29, 0.717) is 41.9 Å². The van der Waals surface area contributed by atoms with E-state index in [1.165, 1.54) is 16.1 Å². The van der Waals surface area contributed by atoms with Gasteiger partial charge in [-0.1, -0.05) is 23.2 Å². The van der Waals surface area contributed by atoms with E-state index in [2.05, 4.69) is 5.32 Å². The summed E-state index contributed by atoms with van der Waals surface area (Å²) < 4.78 is 24.8. The van der Waals surface area contributed by atoms with Gasteiger partial charge >= 0.3 is 6.03 Å². The fourth-order valence-corrected chi connectivity index (χ4v) is 6.76. The Morgan fingerprint density at radius 2 is 1.80 bits per heavy atom. The minimum absolute atomic E-state index is 0.0586. The van der Waals surface area contributed by atoms with Crippen molar-refractivity contribution in [2.45, 2.75) is 56.0 Å². The van der Waals surface area contributed by atoms with Crippen LogP contribution in [0.4, 0.5) is 4.79 Å². The molecule has 1 aromatic carbocycles. The van der Waals surface area contributed by atoms with Gasteiger partial charge in [0, 0.05) is 42.3 Å². The average Bonchev–Trinajstić information content (AvgIpc) is 3.41. The summed E-state index contributed by atoms with van der Waals surface area (Å²) in [6.45, 7) is 0.939. The Morgan fingerprint density at radius 1 is 1.17 bits per heavy atom. The van der Waals surface area contributed by atoms with Gasteiger partial charge in [0.1, 0.15) is 0 Å². The van der Waals surface area contributed by atoms with Crippen molar-refractivity contribution < 1.29 is 13.2 Å². The Hall–Kier alpha value is -1.02. The molecule has 0 bridgehead atoms. The van der Waals surface area contributed by atoms with Gasteiger partial charge in [0.05, 0.1) is 6.26 Å². The molecule has 1 saturated heterocycles. The van der Waals surface area contributed by atoms with E-state index in [-0.39, 0.29) is 23.5 Å². The number of carbonyl (C=O) groups is 1. The number of rotatable bonds is 4. The summed E-state index contributed by atoms with van der Waals surface area (Å²) in [5, 5.41) is 4.56. The monoisotopic (exact) mass is 473 g/mol. The first-order valence-corrected chi connectivity index (χ1v) is 13.1. The minimum Gasteiger partial charge on any atom is -0.335 e. The fourth-order valence-electron chi connectivity index (χ4n) is 5.36. The highest BCUT2D eigenvalue weighted by atomic mass is 35.5. The van der Waals surface area contributed by atoms with Gasteiger partial charge in [0.15, 0.2) is 0 Å². The molecular weight excluding hydrogens is 445 g/mol. The predicted molar refractivity (Wildman–Crippen MR) is 120 cm³/mol. The largest absolute Gasteiger partial charge is 0.335 e. The zero-order valence-corrected chi connectivity index (χ0v) is 19.7. The molecular formula is C21H29Cl2N3O3S. The van der Waals surface area contributed by atoms with Crippen molar-refractivity contribution in [1.29, 1.82) is 0 Å². The van der Waals surface area contributed by atoms with Crippen LogP contribution in [-0.2, 0) is 15.4 Å². The van der Waals surface area contributed by atoms with Gasteiger partial charge in [-0.05, 0) is 73.6 Å². The van der Waals surface area contributed by atoms with Crippen molar-refractivity contribution in [3.8, 4) is 0 Å². The maximum absolute atomic E-state index is 12.8. The van der Waals surface area contributed by atoms with Crippen LogP contribution >= 0.6 is 23.2 Å². The van der Waals surface area contributed by atoms with E-state index in [1.807, 2.05) is 19.2 Å². The van der Waals surface area contributed by atoms with Gasteiger partial charge in [-0.2, -0.15) is 0 Å². The van der Waals surface area contributed by atoms with Gasteiger partial charge in [0.2, 0.25) is 10.0 Å². The Morgan fingerprint density at radius 3 is 2.37 bits per heavy atom. The third kappa shape index (κ3) is 4.45. The molecule has 9 heteroatoms. The SMILES string of the molecule is CN(C(=O)N[C@H]1CC[C@@]2(c3cc(Cl)cc(Cl)c3)CC2C1)C1CCN(S(C)(=O)=O)CC1. The van der Waals surface area contributed by atoms with Gasteiger partial charge in [-0.25, -0.2) is 17.5 Å². The van der Waals surface area contributed by atoms with Crippen LogP contribution in [0.1, 0.15) is 44.1 Å². The van der Waals surface area contributed by atoms with E-state index in [9.17, 15) is 13.2 Å². The second-order valence-electron chi connectivity index (χ2n) is 9.14. The molecule has 3 aliphatic rings. The summed E-state index contributed by atoms with van der Waals surface area (Å²) in [5.41, 5.74) is 1.39. The lowest BCUT2D eigenvalue weighted by molar-refractivity contribution is 0.157. The second kappa shape index (κ2) is 8.15. The van der Waals surface area contributed by atoms with Crippen LogP contribution in [0.2, 0.25) is 10.0 Å². The maximum Gasteiger partial charge on any atom is 0.317 e. The average molecular weight is 474 g/mol. The number of nitrogens with one attached hydrogen (secondary N) is 1. The molecule has 1 unspecified atom stereocenters. The molecule has 30 heavy (non-hydrogen) atoms. The highest BCUT2D eigenvalue weighted by Crippen LogP contribution is 2.62. The summed E-state index contributed by atoms with van der Waals surface area (Å²) in [6.07, 6.45) is 6.63. The third-order valence-corrected chi connectivity index (χ3v) is 9.01. The first kappa shape index (κ1) is 22.2. The van der Waals surface area contributed by atoms with Crippen molar-refractivity contribution in [2.24, 2.45) is 5.92 Å². The molecule has 166 valence electrons. The molecule has 2 amide bonds. The Kier molecular flexibility index (Phi) is 6.03. The number of amides is 2. The van der Waals surface area contributed by atoms with Gasteiger partial charge < -0.3 is 10.2 Å². The lowest BCUT2D eigenvalue weighted by Crippen LogP contribution is -2.52. The van der Waals surface area contributed by atoms with E-state index >= 15 is 0 Å². The number of halogens is 2. The van der Waals surface area contributed by atoms with E-state index in [0.717, 1.165) is 25.7 Å². The molecule has 0 radical (unpaired) electrons. The molecule has 0 aromatic heterocycles. The molecule has 4 rings (SSSR count). The number of sulfonamides is 1. The zero-order valence-electron chi connectivity index (χ0n) is 17.4. The lowest BCUT2D eigenvalue weighted by Gasteiger charge is -2.37. The highest BCUT2D eigenvalue weighted by molar-refractivity contribution is 7.88. The van der Waals surface area contributed by atoms with Crippen LogP contribution in [-0.4, -0.2) is 62.1 Å². The zero-order chi connectivity index (χ0) is 21.7. The lowest BCUT2D eigenvalue weighted by atomic mass is 9.81. The van der Waals surface area contributed by atoms with Gasteiger partial charge in [-0.3, -0.25) is 0 Å². The van der Waals surface area contributed by atoms with Crippen molar-refractivity contribution in [3.05, 3.63) is 33.8 Å². The highest BCUT2D eigenvalue weighted by Gasteiger charge is 2.57. The van der Waals surface area contributed by atoms with Crippen molar-refractivity contribution in [1.82, 2.24) is 14.5 Å². The topological polar surface area (TPSA) is 69.7 Å². The number of fused-ring (bicyclic) bond motifs is 1. The van der Waals surface area contributed by atoms with Crippen LogP contribution in [0, 0.1) is 5.92 Å². The van der Waals surface area contributed by atoms with Crippen LogP contribution in [0.15, 0.2) is 18.2 Å². The molecule has 1 aliphatic heterocycles. The quantitative estimate of drug-likeness (QED) is 0.721. The summed E-state index contributed by atoms with van der Waals surface area (Å²) in [4.78, 5) is 14.6. The summed E-state index contributed by atoms with van der Waals surface area (Å²) in [6, 6.07) is 6.01. The minimum atomic E-state index is -3.16. The number of hydrogen-bond donors (Lipinski definition) is 1. The molecule has 1 aromatic rings. The van der Waals surface area contributed by atoms with E-state index < -0.39 is 10.0 Å². The van der Waals surface area contributed by atoms with E-state index in [1.54, 1.807) is 11.0 Å². The molecule has 2 aliphatic carbocycles. The van der Waals surface area contributed by atoms with Crippen LogP contribution < -0.4 is 5.32 Å². The molecule has 3 fully saturated rings. The molecule has 6 nitrogen and oxygen atoms in total. The predicted octanol–water partition coefficient (Wildman–Crippen LogP) is 3.87. The maximum atomic E-state index is 12.8. The Balaban J connectivity index is 1.30. The number of hydrogen-bond acceptors (Lipinski definition) is 3. The smallest absolute Gasteiger partial charge is 0.317 e. The molecule has 0 spiro atoms. The van der Waals surface area contributed by atoms with Gasteiger partial charge in [0.25, 0.3) is 0 Å². The van der Waals surface area contributed by atoms with Crippen molar-refractivity contribution in [3.63, 3.8) is 0 Å². The summed E-state index contributed by atoms with van der Waals surface area (Å²) in [7, 11) is -1.34. The fraction of sp³-hybridized carbons (Fsp3) is 0.667. The number of piperidine rings is 1. The van der Waals surface area contributed by atoms with Crippen LogP contribution in [0.25, 0.3) is 0 Å². The normalized spacial score (nSPS) is 29.9. The molecule has 3 atom stereocenters. The van der Waals surface area contributed by atoms with Crippen LogP contribution in [0.5, 0.6) is 0 Å². The standard InChI is InChI=1S/C21H29Cl2N3O3S/c1-25(19-4-7-26(8-5-19)30(2,28)29)20(27)24-18-3-6-21(13-15(21)11-18)14-9-16(22)12-17(23)10-14/h9-10,12,15,18-19H,3-8,11,13H2,1-2H3,(H,24,27)/t15?,18-,21-/m0/s1. The molecule has 2 saturated carbocycles. The first-order valence-electron chi connectivity index (χ1n) is 10.5. The first-order chi connectivity index (χ1) is 14.1. The Bertz CT molecular complexity index is 913. The van der Waals surface area contributed by atoms with Crippen molar-refractivity contribution >= 4 is 39.3 Å². The summed E-state index contributed by atoms with van der Waals surface area (Å²) >= 11 is 12.4. The second-order valence-corrected chi connectivity index (χ2v) is 12.0. The van der Waals surface area contributed by atoms with Crippen molar-refractivity contribution in [2.75, 3.05) is 26.4 Å². The molecule has 1 heterocycles. The van der Waals surface area contributed by atoms with Gasteiger partial charge in [-0.15, -0.1) is 0 Å². The number of carbonyl (C=O) groups excluding carboxylic acids is 1. The van der Waals surface area contributed by atoms with E-state index in [4.69, 9.17) is 23.2 Å². The number of nitrogens with zero attached hydrogens (tertiary/aromatic N) is 2. The number of benzene rings is 1. The Labute approximate surface area is 188 Å². The third-order valence-electron chi connectivity index (χ3n) is 7.27. The number of urea groups is 1. The molecule has 1 N–H and O–H groups in total.